The molecule has 0 spiro atoms. The maximum Gasteiger partial charge on any atom is 0.307 e. The van der Waals surface area contributed by atoms with Gasteiger partial charge in [-0.25, -0.2) is 0 Å². The molecule has 5 nitrogen and oxygen atoms in total. The Morgan fingerprint density at radius 1 is 0.632 bits per heavy atom. The van der Waals surface area contributed by atoms with Gasteiger partial charge in [0.05, 0.1) is 17.9 Å². The minimum atomic E-state index is -0.770. The lowest BCUT2D eigenvalue weighted by Crippen LogP contribution is -2.35. The molecule has 210 valence electrons. The van der Waals surface area contributed by atoms with Crippen molar-refractivity contribution < 1.29 is 24.9 Å². The summed E-state index contributed by atoms with van der Waals surface area (Å²) >= 11 is 0. The number of hydrogen-bond acceptors (Lipinski definition) is 3. The van der Waals surface area contributed by atoms with Crippen LogP contribution < -0.4 is 0 Å². The lowest BCUT2D eigenvalue weighted by molar-refractivity contribution is -0.144. The first-order chi connectivity index (χ1) is 18.0. The van der Waals surface area contributed by atoms with Crippen molar-refractivity contribution in [1.82, 2.24) is 0 Å². The number of aliphatic carboxylic acids is 2. The van der Waals surface area contributed by atoms with E-state index in [1.54, 1.807) is 13.8 Å². The van der Waals surface area contributed by atoms with E-state index in [0.29, 0.717) is 0 Å². The number of carboxylic acids is 2. The van der Waals surface area contributed by atoms with Crippen LogP contribution in [-0.2, 0) is 20.4 Å². The summed E-state index contributed by atoms with van der Waals surface area (Å²) in [6.07, 6.45) is 8.43. The first-order valence-electron chi connectivity index (χ1n) is 14.3. The van der Waals surface area contributed by atoms with Crippen molar-refractivity contribution >= 4 is 11.9 Å². The normalized spacial score (nSPS) is 17.1. The number of aliphatic hydroxyl groups is 1. The Morgan fingerprint density at radius 3 is 1.29 bits per heavy atom. The van der Waals surface area contributed by atoms with Crippen molar-refractivity contribution in [2.45, 2.75) is 109 Å². The Hall–Kier alpha value is -2.66. The molecule has 3 N–H and O–H groups in total. The molecule has 0 aliphatic carbocycles. The molecule has 0 saturated carbocycles. The Bertz CT molecular complexity index is 896. The molecule has 4 unspecified atom stereocenters. The molecular formula is C33H48O5. The van der Waals surface area contributed by atoms with Gasteiger partial charge in [0.2, 0.25) is 0 Å². The molecule has 0 fully saturated rings. The summed E-state index contributed by atoms with van der Waals surface area (Å²) in [5, 5.41) is 29.8. The van der Waals surface area contributed by atoms with E-state index in [0.717, 1.165) is 75.3 Å². The number of benzene rings is 2. The van der Waals surface area contributed by atoms with Crippen molar-refractivity contribution in [3.8, 4) is 0 Å². The summed E-state index contributed by atoms with van der Waals surface area (Å²) < 4.78 is 0. The molecule has 0 aliphatic heterocycles. The van der Waals surface area contributed by atoms with Crippen LogP contribution in [0, 0.1) is 11.8 Å². The van der Waals surface area contributed by atoms with E-state index in [1.807, 2.05) is 60.7 Å². The molecule has 0 aromatic heterocycles. The largest absolute Gasteiger partial charge is 0.481 e. The SMILES string of the molecule is CC(C(=O)O)C(C)(CCCCCC(O)CCCCCC(C)(c1ccccc1)C(C)C(=O)O)c1ccccc1. The Kier molecular flexibility index (Phi) is 12.5. The molecular weight excluding hydrogens is 476 g/mol. The maximum absolute atomic E-state index is 11.8. The number of rotatable bonds is 18. The van der Waals surface area contributed by atoms with Gasteiger partial charge in [-0.05, 0) is 36.8 Å². The van der Waals surface area contributed by atoms with Crippen LogP contribution in [0.1, 0.15) is 103 Å². The number of carbonyl (C=O) groups is 2. The van der Waals surface area contributed by atoms with Crippen LogP contribution in [0.3, 0.4) is 0 Å². The maximum atomic E-state index is 11.8. The zero-order chi connectivity index (χ0) is 28.2. The van der Waals surface area contributed by atoms with Crippen molar-refractivity contribution in [1.29, 1.82) is 0 Å². The minimum Gasteiger partial charge on any atom is -0.481 e. The van der Waals surface area contributed by atoms with Gasteiger partial charge in [0.1, 0.15) is 0 Å². The predicted molar refractivity (Wildman–Crippen MR) is 153 cm³/mol. The van der Waals surface area contributed by atoms with E-state index in [2.05, 4.69) is 13.8 Å². The van der Waals surface area contributed by atoms with Crippen molar-refractivity contribution in [2.24, 2.45) is 11.8 Å². The zero-order valence-electron chi connectivity index (χ0n) is 23.7. The average molecular weight is 525 g/mol. The van der Waals surface area contributed by atoms with Gasteiger partial charge in [-0.1, -0.05) is 127 Å². The van der Waals surface area contributed by atoms with Gasteiger partial charge in [0.15, 0.2) is 0 Å². The standard InChI is InChI=1S/C33H48O5/c1-25(30(35)36)32(3,27-17-9-5-10-18-27)23-15-7-13-21-29(34)22-14-8-16-24-33(4,26(2)31(37)38)28-19-11-6-12-20-28/h5-6,9-12,17-20,25-26,29,34H,7-8,13-16,21-24H2,1-4H3,(H,35,36)(H,37,38). The number of unbranched alkanes of at least 4 members (excludes halogenated alkanes) is 4. The Balaban J connectivity index is 1.73. The molecule has 38 heavy (non-hydrogen) atoms. The quantitative estimate of drug-likeness (QED) is 0.174. The predicted octanol–water partition coefficient (Wildman–Crippen LogP) is 7.61. The van der Waals surface area contributed by atoms with E-state index < -0.39 is 34.6 Å². The van der Waals surface area contributed by atoms with Crippen LogP contribution >= 0.6 is 0 Å². The van der Waals surface area contributed by atoms with Crippen LogP contribution in [0.4, 0.5) is 0 Å². The van der Waals surface area contributed by atoms with Gasteiger partial charge >= 0.3 is 11.9 Å². The van der Waals surface area contributed by atoms with Crippen molar-refractivity contribution in [3.63, 3.8) is 0 Å². The third-order valence-electron chi connectivity index (χ3n) is 8.99. The van der Waals surface area contributed by atoms with E-state index in [9.17, 15) is 24.9 Å². The molecule has 0 aliphatic rings. The summed E-state index contributed by atoms with van der Waals surface area (Å²) in [7, 11) is 0. The van der Waals surface area contributed by atoms with Crippen LogP contribution in [-0.4, -0.2) is 33.4 Å². The third-order valence-corrected chi connectivity index (χ3v) is 8.99. The topological polar surface area (TPSA) is 94.8 Å². The Morgan fingerprint density at radius 2 is 0.974 bits per heavy atom. The molecule has 0 heterocycles. The summed E-state index contributed by atoms with van der Waals surface area (Å²) in [5.41, 5.74) is 1.29. The van der Waals surface area contributed by atoms with Gasteiger partial charge < -0.3 is 15.3 Å². The summed E-state index contributed by atoms with van der Waals surface area (Å²) in [4.78, 5) is 23.6. The van der Waals surface area contributed by atoms with Crippen LogP contribution in [0.25, 0.3) is 0 Å². The first-order valence-corrected chi connectivity index (χ1v) is 14.3. The van der Waals surface area contributed by atoms with Gasteiger partial charge in [-0.3, -0.25) is 9.59 Å². The third kappa shape index (κ3) is 8.69. The summed E-state index contributed by atoms with van der Waals surface area (Å²) in [6, 6.07) is 19.9. The minimum absolute atomic E-state index is 0.327. The van der Waals surface area contributed by atoms with Crippen LogP contribution in [0.2, 0.25) is 0 Å². The molecule has 5 heteroatoms. The fraction of sp³-hybridized carbons (Fsp3) is 0.576. The molecule has 0 bridgehead atoms. The molecule has 2 aromatic carbocycles. The highest BCUT2D eigenvalue weighted by Gasteiger charge is 2.37. The van der Waals surface area contributed by atoms with Gasteiger partial charge in [-0.15, -0.1) is 0 Å². The molecule has 2 rings (SSSR count). The van der Waals surface area contributed by atoms with E-state index in [4.69, 9.17) is 0 Å². The second kappa shape index (κ2) is 15.1. The Labute approximate surface area is 229 Å². The highest BCUT2D eigenvalue weighted by atomic mass is 16.4. The fourth-order valence-corrected chi connectivity index (χ4v) is 5.65. The molecule has 0 radical (unpaired) electrons. The first kappa shape index (κ1) is 31.6. The van der Waals surface area contributed by atoms with E-state index in [1.165, 1.54) is 0 Å². The molecule has 0 amide bonds. The lowest BCUT2D eigenvalue weighted by atomic mass is 9.69. The number of carboxylic acid groups (broad SMARTS) is 2. The zero-order valence-corrected chi connectivity index (χ0v) is 23.7. The van der Waals surface area contributed by atoms with Crippen molar-refractivity contribution in [3.05, 3.63) is 71.8 Å². The molecule has 2 aromatic rings. The monoisotopic (exact) mass is 524 g/mol. The lowest BCUT2D eigenvalue weighted by Gasteiger charge is -2.34. The molecule has 4 atom stereocenters. The van der Waals surface area contributed by atoms with Gasteiger partial charge in [-0.2, -0.15) is 0 Å². The molecule has 0 saturated heterocycles. The second-order valence-electron chi connectivity index (χ2n) is 11.5. The van der Waals surface area contributed by atoms with Crippen LogP contribution in [0.15, 0.2) is 60.7 Å². The average Bonchev–Trinajstić information content (AvgIpc) is 2.92. The summed E-state index contributed by atoms with van der Waals surface area (Å²) in [5.74, 6) is -2.49. The van der Waals surface area contributed by atoms with Crippen molar-refractivity contribution in [2.75, 3.05) is 0 Å². The van der Waals surface area contributed by atoms with Gasteiger partial charge in [0, 0.05) is 10.8 Å². The second-order valence-corrected chi connectivity index (χ2v) is 11.5. The highest BCUT2D eigenvalue weighted by molar-refractivity contribution is 5.72. The van der Waals surface area contributed by atoms with Gasteiger partial charge in [0.25, 0.3) is 0 Å². The van der Waals surface area contributed by atoms with Crippen LogP contribution in [0.5, 0.6) is 0 Å². The number of hydrogen-bond donors (Lipinski definition) is 3. The highest BCUT2D eigenvalue weighted by Crippen LogP contribution is 2.38. The summed E-state index contributed by atoms with van der Waals surface area (Å²) in [6.45, 7) is 7.69. The smallest absolute Gasteiger partial charge is 0.307 e. The van der Waals surface area contributed by atoms with E-state index in [-0.39, 0.29) is 6.10 Å². The van der Waals surface area contributed by atoms with E-state index >= 15 is 0 Å². The number of aliphatic hydroxyl groups excluding tert-OH is 1. The fourth-order valence-electron chi connectivity index (χ4n) is 5.65.